The molecular formula is C6H14Cl2F2N2OS. The molecular weight excluding hydrogens is 257 g/mol. The number of nitrogens with two attached hydrogens (primary N) is 1. The molecule has 3 nitrogen and oxygen atoms in total. The molecule has 1 aliphatic rings. The minimum Gasteiger partial charge on any atom is -0.324 e. The minimum absolute atomic E-state index is 0. The molecule has 0 aromatic heterocycles. The van der Waals surface area contributed by atoms with Crippen molar-refractivity contribution in [3.8, 4) is 0 Å². The van der Waals surface area contributed by atoms with Crippen LogP contribution in [0.25, 0.3) is 0 Å². The largest absolute Gasteiger partial charge is 0.324 e. The summed E-state index contributed by atoms with van der Waals surface area (Å²) < 4.78 is 42.8. The third-order valence-electron chi connectivity index (χ3n) is 1.78. The lowest BCUT2D eigenvalue weighted by molar-refractivity contribution is -0.114. The Balaban J connectivity index is 0. The fraction of sp³-hybridized carbons (Fsp3) is 1.00. The van der Waals surface area contributed by atoms with E-state index >= 15 is 0 Å². The van der Waals surface area contributed by atoms with Gasteiger partial charge in [-0.15, -0.1) is 24.8 Å². The van der Waals surface area contributed by atoms with Gasteiger partial charge in [0.15, 0.2) is 0 Å². The van der Waals surface area contributed by atoms with Crippen LogP contribution < -0.4 is 5.73 Å². The van der Waals surface area contributed by atoms with Crippen molar-refractivity contribution in [2.75, 3.05) is 12.0 Å². The summed E-state index contributed by atoms with van der Waals surface area (Å²) >= 11 is 0. The standard InChI is InChI=1S/C6H12F2N2OS.2ClH/c1-12(10,11)4-5(9)2-6(7,8)3-5;;/h10H,2-4,9H2,1H3;2*1H. The Morgan fingerprint density at radius 3 is 2.00 bits per heavy atom. The molecule has 1 rings (SSSR count). The maximum atomic E-state index is 12.4. The van der Waals surface area contributed by atoms with Crippen LogP contribution in [0, 0.1) is 4.78 Å². The highest BCUT2D eigenvalue weighted by Crippen LogP contribution is 2.44. The molecule has 0 saturated heterocycles. The first kappa shape index (κ1) is 16.8. The van der Waals surface area contributed by atoms with Crippen molar-refractivity contribution in [2.45, 2.75) is 24.3 Å². The Labute approximate surface area is 94.6 Å². The van der Waals surface area contributed by atoms with Crippen molar-refractivity contribution in [3.63, 3.8) is 0 Å². The number of hydrogen-bond donors (Lipinski definition) is 2. The lowest BCUT2D eigenvalue weighted by atomic mass is 9.76. The zero-order chi connectivity index (χ0) is 9.62. The molecule has 1 atom stereocenters. The highest BCUT2D eigenvalue weighted by atomic mass is 35.5. The van der Waals surface area contributed by atoms with Gasteiger partial charge in [0.05, 0.1) is 0 Å². The van der Waals surface area contributed by atoms with Crippen LogP contribution in [-0.2, 0) is 9.73 Å². The molecule has 0 aliphatic heterocycles. The monoisotopic (exact) mass is 270 g/mol. The Bertz CT molecular complexity index is 286. The highest BCUT2D eigenvalue weighted by Gasteiger charge is 2.54. The van der Waals surface area contributed by atoms with E-state index in [9.17, 15) is 13.0 Å². The van der Waals surface area contributed by atoms with E-state index in [1.165, 1.54) is 6.26 Å². The van der Waals surface area contributed by atoms with Gasteiger partial charge in [-0.3, -0.25) is 8.99 Å². The first-order chi connectivity index (χ1) is 5.12. The number of rotatable bonds is 2. The molecule has 1 fully saturated rings. The van der Waals surface area contributed by atoms with E-state index in [1.54, 1.807) is 0 Å². The molecule has 0 bridgehead atoms. The average Bonchev–Trinajstić information content (AvgIpc) is 1.48. The van der Waals surface area contributed by atoms with Crippen LogP contribution in [0.3, 0.4) is 0 Å². The fourth-order valence-corrected chi connectivity index (χ4v) is 2.93. The van der Waals surface area contributed by atoms with Gasteiger partial charge in [0.1, 0.15) is 0 Å². The van der Waals surface area contributed by atoms with Crippen LogP contribution >= 0.6 is 24.8 Å². The van der Waals surface area contributed by atoms with Gasteiger partial charge >= 0.3 is 0 Å². The normalized spacial score (nSPS) is 26.0. The van der Waals surface area contributed by atoms with Gasteiger partial charge in [-0.1, -0.05) is 0 Å². The van der Waals surface area contributed by atoms with Crippen molar-refractivity contribution in [1.29, 1.82) is 4.78 Å². The van der Waals surface area contributed by atoms with E-state index in [2.05, 4.69) is 0 Å². The van der Waals surface area contributed by atoms with Gasteiger partial charge in [0, 0.05) is 40.1 Å². The van der Waals surface area contributed by atoms with Crippen molar-refractivity contribution in [1.82, 2.24) is 0 Å². The van der Waals surface area contributed by atoms with Gasteiger partial charge in [0.25, 0.3) is 5.92 Å². The van der Waals surface area contributed by atoms with Gasteiger partial charge in [-0.2, -0.15) is 0 Å². The molecule has 1 aliphatic carbocycles. The first-order valence-corrected chi connectivity index (χ1v) is 5.64. The smallest absolute Gasteiger partial charge is 0.251 e. The third kappa shape index (κ3) is 4.72. The Morgan fingerprint density at radius 2 is 1.79 bits per heavy atom. The Kier molecular flexibility index (Phi) is 5.35. The average molecular weight is 271 g/mol. The van der Waals surface area contributed by atoms with Crippen LogP contribution in [0.4, 0.5) is 8.78 Å². The van der Waals surface area contributed by atoms with Crippen molar-refractivity contribution >= 4 is 34.5 Å². The minimum atomic E-state index is -2.75. The van der Waals surface area contributed by atoms with Gasteiger partial charge in [0.2, 0.25) is 0 Å². The molecule has 0 aromatic carbocycles. The Hall–Kier alpha value is 0.350. The zero-order valence-electron chi connectivity index (χ0n) is 7.59. The van der Waals surface area contributed by atoms with E-state index in [0.717, 1.165) is 0 Å². The van der Waals surface area contributed by atoms with E-state index in [-0.39, 0.29) is 30.6 Å². The SMILES string of the molecule is CS(=N)(=O)CC1(N)CC(F)(F)C1.Cl.Cl. The number of hydrogen-bond acceptors (Lipinski definition) is 3. The van der Waals surface area contributed by atoms with Crippen LogP contribution in [0.5, 0.6) is 0 Å². The second-order valence-electron chi connectivity index (χ2n) is 3.72. The van der Waals surface area contributed by atoms with Crippen molar-refractivity contribution < 1.29 is 13.0 Å². The predicted molar refractivity (Wildman–Crippen MR) is 57.2 cm³/mol. The molecule has 0 amide bonds. The predicted octanol–water partition coefficient (Wildman–Crippen LogP) is 1.63. The summed E-state index contributed by atoms with van der Waals surface area (Å²) in [4.78, 5) is 0. The molecule has 0 radical (unpaired) electrons. The molecule has 88 valence electrons. The van der Waals surface area contributed by atoms with Crippen molar-refractivity contribution in [3.05, 3.63) is 0 Å². The third-order valence-corrected chi connectivity index (χ3v) is 2.91. The van der Waals surface area contributed by atoms with E-state index < -0.39 is 34.0 Å². The van der Waals surface area contributed by atoms with Gasteiger partial charge in [-0.25, -0.2) is 8.78 Å². The summed E-state index contributed by atoms with van der Waals surface area (Å²) in [5, 5.41) is 0. The van der Waals surface area contributed by atoms with Crippen LogP contribution in [0.1, 0.15) is 12.8 Å². The fourth-order valence-electron chi connectivity index (χ4n) is 1.63. The molecule has 14 heavy (non-hydrogen) atoms. The number of nitrogens with one attached hydrogen (secondary N) is 1. The lowest BCUT2D eigenvalue weighted by Crippen LogP contribution is -2.61. The van der Waals surface area contributed by atoms with Crippen LogP contribution in [-0.4, -0.2) is 27.7 Å². The molecule has 8 heteroatoms. The molecule has 0 aromatic rings. The second kappa shape index (κ2) is 4.47. The van der Waals surface area contributed by atoms with Crippen molar-refractivity contribution in [2.24, 2.45) is 5.73 Å². The maximum Gasteiger partial charge on any atom is 0.251 e. The van der Waals surface area contributed by atoms with Gasteiger partial charge in [-0.05, 0) is 0 Å². The summed E-state index contributed by atoms with van der Waals surface area (Å²) in [6, 6.07) is 0. The molecule has 1 saturated carbocycles. The summed E-state index contributed by atoms with van der Waals surface area (Å²) in [5.41, 5.74) is 4.41. The summed E-state index contributed by atoms with van der Waals surface area (Å²) in [7, 11) is -2.75. The number of alkyl halides is 2. The van der Waals surface area contributed by atoms with Crippen LogP contribution in [0.2, 0.25) is 0 Å². The summed E-state index contributed by atoms with van der Waals surface area (Å²) in [5.74, 6) is -2.84. The topological polar surface area (TPSA) is 66.9 Å². The maximum absolute atomic E-state index is 12.4. The highest BCUT2D eigenvalue weighted by molar-refractivity contribution is 7.91. The van der Waals surface area contributed by atoms with E-state index in [1.807, 2.05) is 0 Å². The van der Waals surface area contributed by atoms with E-state index in [4.69, 9.17) is 10.5 Å². The lowest BCUT2D eigenvalue weighted by Gasteiger charge is -2.44. The molecule has 3 N–H and O–H groups in total. The van der Waals surface area contributed by atoms with Gasteiger partial charge < -0.3 is 5.73 Å². The summed E-state index contributed by atoms with van der Waals surface area (Å²) in [6.07, 6.45) is 0.339. The molecule has 0 spiro atoms. The zero-order valence-corrected chi connectivity index (χ0v) is 10.0. The summed E-state index contributed by atoms with van der Waals surface area (Å²) in [6.45, 7) is 0. The van der Waals surface area contributed by atoms with E-state index in [0.29, 0.717) is 0 Å². The van der Waals surface area contributed by atoms with Crippen LogP contribution in [0.15, 0.2) is 0 Å². The number of halogens is 4. The molecule has 0 heterocycles. The Morgan fingerprint density at radius 1 is 1.43 bits per heavy atom. The first-order valence-electron chi connectivity index (χ1n) is 3.50. The second-order valence-corrected chi connectivity index (χ2v) is 6.02. The quantitative estimate of drug-likeness (QED) is 0.801. The molecule has 1 unspecified atom stereocenters.